The highest BCUT2D eigenvalue weighted by molar-refractivity contribution is 7.80. The Morgan fingerprint density at radius 2 is 1.51 bits per heavy atom. The molecule has 0 saturated heterocycles. The highest BCUT2D eigenvalue weighted by atomic mass is 32.1. The zero-order valence-electron chi connectivity index (χ0n) is 19.4. The molecule has 0 radical (unpaired) electrons. The van der Waals surface area contributed by atoms with Crippen molar-refractivity contribution in [1.82, 2.24) is 16.0 Å². The smallest absolute Gasteiger partial charge is 0.326 e. The molecule has 3 amide bonds. The van der Waals surface area contributed by atoms with E-state index in [1.807, 2.05) is 0 Å². The van der Waals surface area contributed by atoms with Gasteiger partial charge in [-0.15, -0.1) is 0 Å². The number of rotatable bonds is 14. The Kier molecular flexibility index (Phi) is 12.0. The Labute approximate surface area is 208 Å². The number of carbonyl (C=O) groups is 5. The van der Waals surface area contributed by atoms with Gasteiger partial charge in [0.1, 0.15) is 23.9 Å². The molecule has 0 spiro atoms. The summed E-state index contributed by atoms with van der Waals surface area (Å²) in [4.78, 5) is 60.2. The second kappa shape index (κ2) is 14.2. The topological polar surface area (TPSA) is 208 Å². The minimum Gasteiger partial charge on any atom is -0.508 e. The van der Waals surface area contributed by atoms with Crippen LogP contribution in [0.5, 0.6) is 5.75 Å². The molecule has 0 saturated carbocycles. The first kappa shape index (κ1) is 29.7. The Morgan fingerprint density at radius 1 is 0.943 bits per heavy atom. The van der Waals surface area contributed by atoms with Gasteiger partial charge in [0.2, 0.25) is 17.7 Å². The fourth-order valence-corrected chi connectivity index (χ4v) is 3.30. The Bertz CT molecular complexity index is 911. The van der Waals surface area contributed by atoms with Crippen LogP contribution in [0, 0.1) is 5.92 Å². The molecule has 0 heterocycles. The number of phenolic OH excluding ortho intramolecular Hbond substituents is 1. The SMILES string of the molecule is CCC(C)C(NC(=O)C(N)Cc1ccc(O)cc1)C(=O)NC(CS)C(=O)NC(CC(=O)O)C(=O)O. The average molecular weight is 513 g/mol. The molecule has 5 atom stereocenters. The Hall–Kier alpha value is -3.32. The van der Waals surface area contributed by atoms with Crippen molar-refractivity contribution in [1.29, 1.82) is 0 Å². The second-order valence-corrected chi connectivity index (χ2v) is 8.46. The van der Waals surface area contributed by atoms with Gasteiger partial charge in [0.05, 0.1) is 12.5 Å². The summed E-state index contributed by atoms with van der Waals surface area (Å²) in [6.45, 7) is 3.53. The van der Waals surface area contributed by atoms with Crippen LogP contribution in [0.4, 0.5) is 0 Å². The van der Waals surface area contributed by atoms with Crippen LogP contribution in [-0.2, 0) is 30.4 Å². The van der Waals surface area contributed by atoms with E-state index in [1.54, 1.807) is 26.0 Å². The minimum atomic E-state index is -1.69. The molecule has 0 fully saturated rings. The molecule has 0 aliphatic heterocycles. The van der Waals surface area contributed by atoms with Crippen LogP contribution >= 0.6 is 12.6 Å². The summed E-state index contributed by atoms with van der Waals surface area (Å²) >= 11 is 4.02. The minimum absolute atomic E-state index is 0.0701. The van der Waals surface area contributed by atoms with Crippen molar-refractivity contribution in [2.24, 2.45) is 11.7 Å². The number of benzene rings is 1. The first-order valence-corrected chi connectivity index (χ1v) is 11.5. The highest BCUT2D eigenvalue weighted by Crippen LogP contribution is 2.12. The van der Waals surface area contributed by atoms with Crippen LogP contribution in [0.3, 0.4) is 0 Å². The fourth-order valence-electron chi connectivity index (χ4n) is 3.04. The number of amides is 3. The molecule has 1 aromatic carbocycles. The molecule has 12 nitrogen and oxygen atoms in total. The van der Waals surface area contributed by atoms with Crippen LogP contribution in [0.25, 0.3) is 0 Å². The van der Waals surface area contributed by atoms with Gasteiger partial charge < -0.3 is 37.0 Å². The number of carboxylic acids is 2. The molecule has 0 bridgehead atoms. The van der Waals surface area contributed by atoms with Crippen LogP contribution in [-0.4, -0.2) is 74.9 Å². The lowest BCUT2D eigenvalue weighted by Crippen LogP contribution is -2.59. The molecule has 35 heavy (non-hydrogen) atoms. The summed E-state index contributed by atoms with van der Waals surface area (Å²) < 4.78 is 0. The lowest BCUT2D eigenvalue weighted by molar-refractivity contribution is -0.147. The Morgan fingerprint density at radius 3 is 2.00 bits per heavy atom. The van der Waals surface area contributed by atoms with E-state index in [0.29, 0.717) is 12.0 Å². The molecule has 1 aromatic rings. The van der Waals surface area contributed by atoms with E-state index in [-0.39, 0.29) is 23.8 Å². The molecular weight excluding hydrogens is 480 g/mol. The van der Waals surface area contributed by atoms with Gasteiger partial charge >= 0.3 is 11.9 Å². The summed E-state index contributed by atoms with van der Waals surface area (Å²) in [5.74, 6) is -5.69. The molecule has 0 aliphatic rings. The van der Waals surface area contributed by atoms with Gasteiger partial charge in [0.25, 0.3) is 0 Å². The van der Waals surface area contributed by atoms with Gasteiger partial charge in [-0.2, -0.15) is 12.6 Å². The molecule has 0 aromatic heterocycles. The average Bonchev–Trinajstić information content (AvgIpc) is 2.80. The maximum atomic E-state index is 12.9. The van der Waals surface area contributed by atoms with Crippen LogP contribution < -0.4 is 21.7 Å². The summed E-state index contributed by atoms with van der Waals surface area (Å²) in [7, 11) is 0. The molecule has 194 valence electrons. The molecule has 13 heteroatoms. The van der Waals surface area contributed by atoms with Crippen LogP contribution in [0.2, 0.25) is 0 Å². The predicted octanol–water partition coefficient (Wildman–Crippen LogP) is -0.748. The van der Waals surface area contributed by atoms with Gasteiger partial charge in [0.15, 0.2) is 0 Å². The summed E-state index contributed by atoms with van der Waals surface area (Å²) in [6, 6.07) is 1.14. The van der Waals surface area contributed by atoms with E-state index >= 15 is 0 Å². The second-order valence-electron chi connectivity index (χ2n) is 8.09. The summed E-state index contributed by atoms with van der Waals surface area (Å²) in [5, 5.41) is 34.4. The van der Waals surface area contributed by atoms with E-state index < -0.39 is 60.2 Å². The van der Waals surface area contributed by atoms with Crippen molar-refractivity contribution in [3.05, 3.63) is 29.8 Å². The number of phenols is 1. The largest absolute Gasteiger partial charge is 0.508 e. The van der Waals surface area contributed by atoms with Crippen molar-refractivity contribution in [2.45, 2.75) is 57.3 Å². The van der Waals surface area contributed by atoms with Gasteiger partial charge in [0, 0.05) is 5.75 Å². The molecule has 1 rings (SSSR count). The molecule has 8 N–H and O–H groups in total. The summed E-state index contributed by atoms with van der Waals surface area (Å²) in [5.41, 5.74) is 6.69. The molecule has 0 aliphatic carbocycles. The van der Waals surface area contributed by atoms with Gasteiger partial charge in [-0.1, -0.05) is 32.4 Å². The number of thiol groups is 1. The van der Waals surface area contributed by atoms with Crippen molar-refractivity contribution in [3.8, 4) is 5.75 Å². The van der Waals surface area contributed by atoms with Crippen LogP contribution in [0.15, 0.2) is 24.3 Å². The number of carbonyl (C=O) groups excluding carboxylic acids is 3. The lowest BCUT2D eigenvalue weighted by Gasteiger charge is -2.27. The maximum absolute atomic E-state index is 12.9. The normalized spacial score (nSPS) is 15.1. The van der Waals surface area contributed by atoms with Gasteiger partial charge in [-0.25, -0.2) is 4.79 Å². The van der Waals surface area contributed by atoms with E-state index in [2.05, 4.69) is 28.6 Å². The fraction of sp³-hybridized carbons (Fsp3) is 0.500. The predicted molar refractivity (Wildman–Crippen MR) is 129 cm³/mol. The number of nitrogens with two attached hydrogens (primary N) is 1. The van der Waals surface area contributed by atoms with Crippen molar-refractivity contribution in [2.75, 3.05) is 5.75 Å². The number of aromatic hydroxyl groups is 1. The quantitative estimate of drug-likeness (QED) is 0.147. The first-order valence-electron chi connectivity index (χ1n) is 10.9. The zero-order valence-corrected chi connectivity index (χ0v) is 20.3. The number of hydrogen-bond acceptors (Lipinski definition) is 8. The molecule has 5 unspecified atom stereocenters. The van der Waals surface area contributed by atoms with E-state index in [9.17, 15) is 29.1 Å². The standard InChI is InChI=1S/C22H32N4O8S/c1-3-11(2)18(26-19(30)14(23)8-12-4-6-13(27)7-5-12)21(32)25-16(10-35)20(31)24-15(22(33)34)9-17(28)29/h4-7,11,14-16,18,27,35H,3,8-10,23H2,1-2H3,(H,24,31)(H,25,32)(H,26,30)(H,28,29)(H,33,34). The lowest BCUT2D eigenvalue weighted by atomic mass is 9.97. The number of nitrogens with one attached hydrogen (secondary N) is 3. The number of aliphatic carboxylic acids is 2. The summed E-state index contributed by atoms with van der Waals surface area (Å²) in [6.07, 6.45) is -0.190. The number of carboxylic acid groups (broad SMARTS) is 2. The van der Waals surface area contributed by atoms with Crippen molar-refractivity contribution >= 4 is 42.3 Å². The monoisotopic (exact) mass is 512 g/mol. The van der Waals surface area contributed by atoms with E-state index in [0.717, 1.165) is 0 Å². The third-order valence-electron chi connectivity index (χ3n) is 5.33. The third kappa shape index (κ3) is 9.83. The number of hydrogen-bond donors (Lipinski definition) is 8. The third-order valence-corrected chi connectivity index (χ3v) is 5.70. The maximum Gasteiger partial charge on any atom is 0.326 e. The highest BCUT2D eigenvalue weighted by Gasteiger charge is 2.32. The van der Waals surface area contributed by atoms with E-state index in [4.69, 9.17) is 15.9 Å². The Balaban J connectivity index is 2.88. The zero-order chi connectivity index (χ0) is 26.7. The first-order chi connectivity index (χ1) is 16.4. The van der Waals surface area contributed by atoms with Crippen molar-refractivity contribution < 1.29 is 39.3 Å². The van der Waals surface area contributed by atoms with Crippen LogP contribution in [0.1, 0.15) is 32.3 Å². The van der Waals surface area contributed by atoms with Crippen molar-refractivity contribution in [3.63, 3.8) is 0 Å². The van der Waals surface area contributed by atoms with Gasteiger partial charge in [-0.3, -0.25) is 19.2 Å². The van der Waals surface area contributed by atoms with Gasteiger partial charge in [-0.05, 0) is 30.0 Å². The molecular formula is C22H32N4O8S. The van der Waals surface area contributed by atoms with E-state index in [1.165, 1.54) is 12.1 Å².